The highest BCUT2D eigenvalue weighted by molar-refractivity contribution is 5.81. The quantitative estimate of drug-likeness (QED) is 0.350. The van der Waals surface area contributed by atoms with E-state index in [1.165, 1.54) is 0 Å². The Kier molecular flexibility index (Phi) is 6.62. The van der Waals surface area contributed by atoms with Crippen LogP contribution in [0, 0.1) is 0 Å². The summed E-state index contributed by atoms with van der Waals surface area (Å²) in [6.45, 7) is 0.118. The molecule has 0 fully saturated rings. The van der Waals surface area contributed by atoms with Crippen LogP contribution in [0.5, 0.6) is 11.5 Å². The number of pyridine rings is 1. The van der Waals surface area contributed by atoms with Crippen molar-refractivity contribution in [1.82, 2.24) is 10.3 Å². The maximum absolute atomic E-state index is 12.6. The summed E-state index contributed by atoms with van der Waals surface area (Å²) in [6.07, 6.45) is 2.60. The maximum Gasteiger partial charge on any atom is 0.407 e. The number of hydrogen-bond donors (Lipinski definition) is 2. The van der Waals surface area contributed by atoms with Gasteiger partial charge >= 0.3 is 12.1 Å². The molecule has 0 radical (unpaired) electrons. The Balaban J connectivity index is 1.20. The second-order valence-corrected chi connectivity index (χ2v) is 8.50. The standard InChI is InChI=1S/C29H24N2O5/c32-28(33)27(16-19-11-13-20(14-12-19)36-21-6-5-15-30-17-21)31-29(34)35-18-26-24-9-3-1-7-22(24)23-8-2-4-10-25(23)26/h1-15,17,26-27H,16,18H2,(H,31,34)(H,32,33)/t27-/m0/s1. The van der Waals surface area contributed by atoms with Gasteiger partial charge in [-0.1, -0.05) is 60.7 Å². The van der Waals surface area contributed by atoms with Crippen molar-refractivity contribution >= 4 is 12.1 Å². The Morgan fingerprint density at radius 3 is 2.14 bits per heavy atom. The molecule has 1 aliphatic carbocycles. The highest BCUT2D eigenvalue weighted by atomic mass is 16.5. The highest BCUT2D eigenvalue weighted by Crippen LogP contribution is 2.44. The molecule has 0 spiro atoms. The van der Waals surface area contributed by atoms with Crippen molar-refractivity contribution in [2.45, 2.75) is 18.4 Å². The van der Waals surface area contributed by atoms with Gasteiger partial charge in [0.25, 0.3) is 0 Å². The van der Waals surface area contributed by atoms with E-state index in [1.807, 2.05) is 36.4 Å². The van der Waals surface area contributed by atoms with E-state index in [2.05, 4.69) is 22.4 Å². The van der Waals surface area contributed by atoms with Crippen LogP contribution in [0.15, 0.2) is 97.3 Å². The van der Waals surface area contributed by atoms with Gasteiger partial charge in [-0.05, 0) is 52.1 Å². The van der Waals surface area contributed by atoms with Crippen molar-refractivity contribution in [1.29, 1.82) is 0 Å². The van der Waals surface area contributed by atoms with E-state index >= 15 is 0 Å². The minimum absolute atomic E-state index is 0.0983. The number of carbonyl (C=O) groups is 2. The first-order valence-electron chi connectivity index (χ1n) is 11.6. The molecule has 1 atom stereocenters. The lowest BCUT2D eigenvalue weighted by Gasteiger charge is -2.17. The molecular formula is C29H24N2O5. The van der Waals surface area contributed by atoms with E-state index in [-0.39, 0.29) is 18.9 Å². The molecule has 0 aliphatic heterocycles. The third kappa shape index (κ3) is 5.05. The van der Waals surface area contributed by atoms with Gasteiger partial charge in [0.2, 0.25) is 0 Å². The van der Waals surface area contributed by atoms with E-state index in [0.29, 0.717) is 11.5 Å². The lowest BCUT2D eigenvalue weighted by molar-refractivity contribution is -0.139. The zero-order valence-corrected chi connectivity index (χ0v) is 19.3. The summed E-state index contributed by atoms with van der Waals surface area (Å²) in [5, 5.41) is 12.2. The van der Waals surface area contributed by atoms with Crippen molar-refractivity contribution < 1.29 is 24.2 Å². The number of alkyl carbamates (subject to hydrolysis) is 1. The number of aromatic nitrogens is 1. The van der Waals surface area contributed by atoms with Crippen LogP contribution in [0.25, 0.3) is 11.1 Å². The topological polar surface area (TPSA) is 97.8 Å². The number of rotatable bonds is 8. The molecule has 36 heavy (non-hydrogen) atoms. The van der Waals surface area contributed by atoms with Crippen LogP contribution in [0.3, 0.4) is 0 Å². The first kappa shape index (κ1) is 23.1. The summed E-state index contributed by atoms with van der Waals surface area (Å²) in [5.74, 6) is -0.0355. The van der Waals surface area contributed by atoms with Gasteiger partial charge in [0.05, 0.1) is 6.20 Å². The van der Waals surface area contributed by atoms with Gasteiger partial charge in [-0.25, -0.2) is 9.59 Å². The Hall–Kier alpha value is -4.65. The first-order chi connectivity index (χ1) is 17.6. The summed E-state index contributed by atoms with van der Waals surface area (Å²) < 4.78 is 11.2. The van der Waals surface area contributed by atoms with Gasteiger partial charge in [-0.2, -0.15) is 0 Å². The predicted octanol–water partition coefficient (Wildman–Crippen LogP) is 5.41. The Bertz CT molecular complexity index is 1330. The van der Waals surface area contributed by atoms with Gasteiger partial charge < -0.3 is 19.9 Å². The van der Waals surface area contributed by atoms with Crippen molar-refractivity contribution in [2.75, 3.05) is 6.61 Å². The van der Waals surface area contributed by atoms with Crippen LogP contribution < -0.4 is 10.1 Å². The van der Waals surface area contributed by atoms with Crippen LogP contribution in [-0.4, -0.2) is 34.8 Å². The molecule has 0 saturated heterocycles. The number of nitrogens with one attached hydrogen (secondary N) is 1. The number of fused-ring (bicyclic) bond motifs is 3. The third-order valence-electron chi connectivity index (χ3n) is 6.17. The molecule has 1 amide bonds. The summed E-state index contributed by atoms with van der Waals surface area (Å²) >= 11 is 0. The fourth-order valence-corrected chi connectivity index (χ4v) is 4.46. The normalized spacial score (nSPS) is 12.8. The molecule has 0 saturated carbocycles. The number of carbonyl (C=O) groups excluding carboxylic acids is 1. The largest absolute Gasteiger partial charge is 0.480 e. The second-order valence-electron chi connectivity index (χ2n) is 8.50. The molecule has 0 bridgehead atoms. The minimum atomic E-state index is -1.14. The number of carboxylic acid groups (broad SMARTS) is 1. The van der Waals surface area contributed by atoms with Gasteiger partial charge in [0.15, 0.2) is 0 Å². The van der Waals surface area contributed by atoms with Crippen molar-refractivity contribution in [3.05, 3.63) is 114 Å². The summed E-state index contributed by atoms with van der Waals surface area (Å²) in [7, 11) is 0. The molecule has 5 rings (SSSR count). The SMILES string of the molecule is O=C(N[C@@H](Cc1ccc(Oc2cccnc2)cc1)C(=O)O)OCC1c2ccccc2-c2ccccc21. The van der Waals surface area contributed by atoms with Crippen molar-refractivity contribution in [2.24, 2.45) is 0 Å². The van der Waals surface area contributed by atoms with Crippen LogP contribution in [0.4, 0.5) is 4.79 Å². The lowest BCUT2D eigenvalue weighted by atomic mass is 9.98. The van der Waals surface area contributed by atoms with Crippen molar-refractivity contribution in [3.8, 4) is 22.6 Å². The lowest BCUT2D eigenvalue weighted by Crippen LogP contribution is -2.42. The zero-order valence-electron chi connectivity index (χ0n) is 19.3. The molecule has 7 heteroatoms. The van der Waals surface area contributed by atoms with Gasteiger partial charge in [-0.15, -0.1) is 0 Å². The smallest absolute Gasteiger partial charge is 0.407 e. The Labute approximate surface area is 208 Å². The van der Waals surface area contributed by atoms with E-state index in [1.54, 1.807) is 48.8 Å². The number of carboxylic acids is 1. The van der Waals surface area contributed by atoms with Gasteiger partial charge in [0.1, 0.15) is 24.1 Å². The number of hydrogen-bond acceptors (Lipinski definition) is 5. The average molecular weight is 481 g/mol. The second kappa shape index (κ2) is 10.3. The van der Waals surface area contributed by atoms with E-state index < -0.39 is 18.1 Å². The third-order valence-corrected chi connectivity index (χ3v) is 6.17. The molecule has 2 N–H and O–H groups in total. The number of amides is 1. The Morgan fingerprint density at radius 1 is 0.861 bits per heavy atom. The number of ether oxygens (including phenoxy) is 2. The van der Waals surface area contributed by atoms with Gasteiger partial charge in [0, 0.05) is 18.5 Å². The van der Waals surface area contributed by atoms with E-state index in [4.69, 9.17) is 9.47 Å². The van der Waals surface area contributed by atoms with Gasteiger partial charge in [-0.3, -0.25) is 4.98 Å². The summed E-state index contributed by atoms with van der Waals surface area (Å²) in [4.78, 5) is 28.4. The average Bonchev–Trinajstić information content (AvgIpc) is 3.22. The van der Waals surface area contributed by atoms with E-state index in [9.17, 15) is 14.7 Å². The highest BCUT2D eigenvalue weighted by Gasteiger charge is 2.29. The molecule has 1 aliphatic rings. The van der Waals surface area contributed by atoms with Crippen LogP contribution in [0.2, 0.25) is 0 Å². The molecule has 7 nitrogen and oxygen atoms in total. The van der Waals surface area contributed by atoms with Crippen LogP contribution in [-0.2, 0) is 16.0 Å². The van der Waals surface area contributed by atoms with Crippen LogP contribution >= 0.6 is 0 Å². The molecule has 4 aromatic rings. The molecule has 1 aromatic heterocycles. The minimum Gasteiger partial charge on any atom is -0.480 e. The molecule has 180 valence electrons. The fourth-order valence-electron chi connectivity index (χ4n) is 4.46. The molecule has 3 aromatic carbocycles. The van der Waals surface area contributed by atoms with Crippen LogP contribution in [0.1, 0.15) is 22.6 Å². The number of aliphatic carboxylic acids is 1. The number of nitrogens with zero attached hydrogens (tertiary/aromatic N) is 1. The summed E-state index contributed by atoms with van der Waals surface area (Å²) in [5.41, 5.74) is 5.17. The zero-order chi connectivity index (χ0) is 24.9. The first-order valence-corrected chi connectivity index (χ1v) is 11.6. The van der Waals surface area contributed by atoms with E-state index in [0.717, 1.165) is 27.8 Å². The molecule has 0 unspecified atom stereocenters. The number of benzene rings is 3. The Morgan fingerprint density at radius 2 is 1.53 bits per heavy atom. The summed E-state index contributed by atoms with van der Waals surface area (Å²) in [6, 6.07) is 25.5. The predicted molar refractivity (Wildman–Crippen MR) is 134 cm³/mol. The maximum atomic E-state index is 12.6. The molecule has 1 heterocycles. The monoisotopic (exact) mass is 480 g/mol. The van der Waals surface area contributed by atoms with Crippen molar-refractivity contribution in [3.63, 3.8) is 0 Å². The fraction of sp³-hybridized carbons (Fsp3) is 0.138. The molecular weight excluding hydrogens is 456 g/mol.